The van der Waals surface area contributed by atoms with Crippen LogP contribution >= 0.6 is 0 Å². The minimum absolute atomic E-state index is 0.0315. The molecule has 6 heterocycles. The topological polar surface area (TPSA) is 92.7 Å². The average molecular weight is 442 g/mol. The van der Waals surface area contributed by atoms with Gasteiger partial charge in [0.15, 0.2) is 11.4 Å². The number of nitrogens with zero attached hydrogens (tertiary/aromatic N) is 8. The van der Waals surface area contributed by atoms with Gasteiger partial charge in [-0.3, -0.25) is 4.79 Å². The summed E-state index contributed by atoms with van der Waals surface area (Å²) in [6.45, 7) is 1.89. The average Bonchev–Trinajstić information content (AvgIpc) is 3.12. The van der Waals surface area contributed by atoms with Crippen LogP contribution in [0, 0.1) is 6.92 Å². The van der Waals surface area contributed by atoms with Gasteiger partial charge in [-0.05, 0) is 31.4 Å². The molecule has 9 nitrogen and oxygen atoms in total. The number of carbonyl (C=O) groups excluding carboxylic acids is 1. The molecule has 3 fully saturated rings. The van der Waals surface area contributed by atoms with Gasteiger partial charge in [0.25, 0.3) is 5.91 Å². The van der Waals surface area contributed by atoms with Crippen molar-refractivity contribution in [2.75, 3.05) is 4.90 Å². The van der Waals surface area contributed by atoms with Crippen LogP contribution in [0.3, 0.4) is 0 Å². The Kier molecular flexibility index (Phi) is 3.87. The van der Waals surface area contributed by atoms with Crippen LogP contribution in [-0.2, 0) is 6.18 Å². The first kappa shape index (κ1) is 19.1. The summed E-state index contributed by atoms with van der Waals surface area (Å²) >= 11 is 0. The smallest absolute Gasteiger partial charge is 0.341 e. The summed E-state index contributed by atoms with van der Waals surface area (Å²) in [4.78, 5) is 29.3. The Balaban J connectivity index is 1.27. The maximum absolute atomic E-state index is 13.5. The maximum atomic E-state index is 13.5. The number of aryl methyl sites for hydroxylation is 1. The molecule has 4 unspecified atom stereocenters. The lowest BCUT2D eigenvalue weighted by molar-refractivity contribution is -0.141. The van der Waals surface area contributed by atoms with Gasteiger partial charge in [0.1, 0.15) is 5.82 Å². The largest absolute Gasteiger partial charge is 0.434 e. The minimum atomic E-state index is -4.52. The molecule has 0 spiro atoms. The molecule has 3 aromatic rings. The Morgan fingerprint density at radius 1 is 1.06 bits per heavy atom. The van der Waals surface area contributed by atoms with E-state index in [-0.39, 0.29) is 30.1 Å². The number of hydrogen-bond acceptors (Lipinski definition) is 7. The highest BCUT2D eigenvalue weighted by molar-refractivity contribution is 5.97. The summed E-state index contributed by atoms with van der Waals surface area (Å²) in [5.41, 5.74) is 0.753. The third kappa shape index (κ3) is 2.71. The van der Waals surface area contributed by atoms with Crippen LogP contribution in [0.2, 0.25) is 0 Å². The number of alkyl halides is 3. The molecule has 2 bridgehead atoms. The van der Waals surface area contributed by atoms with Crippen molar-refractivity contribution in [3.8, 4) is 5.69 Å². The fourth-order valence-electron chi connectivity index (χ4n) is 5.19. The molecular formula is C20H17F3N8O. The van der Waals surface area contributed by atoms with Crippen LogP contribution < -0.4 is 4.90 Å². The highest BCUT2D eigenvalue weighted by atomic mass is 19.4. The summed E-state index contributed by atoms with van der Waals surface area (Å²) in [5.74, 6) is 0.238. The van der Waals surface area contributed by atoms with E-state index < -0.39 is 11.9 Å². The SMILES string of the molecule is Cc1cnc(C(=O)N2C3CCC2C2C3N2c2cnc(C(F)(F)F)cn2)c(-n2ccnn2)c1. The lowest BCUT2D eigenvalue weighted by Crippen LogP contribution is -2.43. The Labute approximate surface area is 179 Å². The predicted molar refractivity (Wildman–Crippen MR) is 104 cm³/mol. The molecule has 0 saturated carbocycles. The van der Waals surface area contributed by atoms with E-state index in [1.807, 2.05) is 22.8 Å². The van der Waals surface area contributed by atoms with Crippen LogP contribution in [0.15, 0.2) is 37.1 Å². The van der Waals surface area contributed by atoms with Gasteiger partial charge < -0.3 is 9.80 Å². The molecule has 3 aliphatic rings. The molecule has 12 heteroatoms. The second-order valence-electron chi connectivity index (χ2n) is 8.30. The lowest BCUT2D eigenvalue weighted by atomic mass is 10.0. The first-order chi connectivity index (χ1) is 15.3. The van der Waals surface area contributed by atoms with Gasteiger partial charge >= 0.3 is 6.18 Å². The summed E-state index contributed by atoms with van der Waals surface area (Å²) in [6, 6.07) is 1.81. The Bertz CT molecular complexity index is 1180. The Hall–Kier alpha value is -3.57. The number of amides is 1. The van der Waals surface area contributed by atoms with Crippen molar-refractivity contribution >= 4 is 11.7 Å². The van der Waals surface area contributed by atoms with Crippen LogP contribution in [0.25, 0.3) is 5.69 Å². The van der Waals surface area contributed by atoms with Crippen molar-refractivity contribution in [2.24, 2.45) is 0 Å². The Morgan fingerprint density at radius 3 is 2.41 bits per heavy atom. The highest BCUT2D eigenvalue weighted by Crippen LogP contribution is 2.54. The first-order valence-electron chi connectivity index (χ1n) is 10.2. The van der Waals surface area contributed by atoms with Crippen molar-refractivity contribution in [1.29, 1.82) is 0 Å². The molecule has 3 aromatic heterocycles. The molecule has 6 rings (SSSR count). The van der Waals surface area contributed by atoms with E-state index >= 15 is 0 Å². The number of aromatic nitrogens is 6. The number of pyridine rings is 1. The van der Waals surface area contributed by atoms with Gasteiger partial charge in [0.05, 0.1) is 54.6 Å². The maximum Gasteiger partial charge on any atom is 0.434 e. The number of carbonyl (C=O) groups is 1. The first-order valence-corrected chi connectivity index (χ1v) is 10.2. The van der Waals surface area contributed by atoms with Gasteiger partial charge in [0.2, 0.25) is 0 Å². The van der Waals surface area contributed by atoms with Crippen LogP contribution in [0.4, 0.5) is 19.0 Å². The molecule has 32 heavy (non-hydrogen) atoms. The van der Waals surface area contributed by atoms with Gasteiger partial charge in [-0.25, -0.2) is 19.6 Å². The van der Waals surface area contributed by atoms with Gasteiger partial charge in [-0.2, -0.15) is 13.2 Å². The normalized spacial score (nSPS) is 25.9. The fraction of sp³-hybridized carbons (Fsp3) is 0.400. The van der Waals surface area contributed by atoms with Gasteiger partial charge in [-0.1, -0.05) is 5.21 Å². The molecule has 0 aliphatic carbocycles. The zero-order valence-electron chi connectivity index (χ0n) is 16.8. The zero-order chi connectivity index (χ0) is 22.2. The van der Waals surface area contributed by atoms with E-state index in [4.69, 9.17) is 0 Å². The Morgan fingerprint density at radius 2 is 1.81 bits per heavy atom. The van der Waals surface area contributed by atoms with E-state index in [2.05, 4.69) is 25.3 Å². The number of halogens is 3. The monoisotopic (exact) mass is 442 g/mol. The lowest BCUT2D eigenvalue weighted by Gasteiger charge is -2.28. The van der Waals surface area contributed by atoms with Gasteiger partial charge in [-0.15, -0.1) is 5.10 Å². The molecule has 3 saturated heterocycles. The van der Waals surface area contributed by atoms with Crippen molar-refractivity contribution in [3.05, 3.63) is 54.0 Å². The van der Waals surface area contributed by atoms with E-state index in [9.17, 15) is 18.0 Å². The second-order valence-corrected chi connectivity index (χ2v) is 8.30. The number of fused-ring (bicyclic) bond motifs is 5. The van der Waals surface area contributed by atoms with Crippen LogP contribution in [-0.4, -0.2) is 64.9 Å². The molecule has 3 aliphatic heterocycles. The van der Waals surface area contributed by atoms with E-state index in [0.29, 0.717) is 17.2 Å². The van der Waals surface area contributed by atoms with Crippen molar-refractivity contribution in [1.82, 2.24) is 34.8 Å². The molecule has 164 valence electrons. The summed E-state index contributed by atoms with van der Waals surface area (Å²) in [7, 11) is 0. The predicted octanol–water partition coefficient (Wildman–Crippen LogP) is 2.02. The third-order valence-electron chi connectivity index (χ3n) is 6.47. The molecule has 4 atom stereocenters. The quantitative estimate of drug-likeness (QED) is 0.573. The number of anilines is 1. The number of rotatable bonds is 3. The van der Waals surface area contributed by atoms with Crippen LogP contribution in [0.5, 0.6) is 0 Å². The van der Waals surface area contributed by atoms with E-state index in [1.54, 1.807) is 12.4 Å². The minimum Gasteiger partial charge on any atom is -0.341 e. The highest BCUT2D eigenvalue weighted by Gasteiger charge is 2.69. The summed E-state index contributed by atoms with van der Waals surface area (Å²) < 4.78 is 39.9. The number of piperazine rings is 1. The molecule has 0 N–H and O–H groups in total. The van der Waals surface area contributed by atoms with Crippen molar-refractivity contribution in [2.45, 2.75) is 50.1 Å². The van der Waals surface area contributed by atoms with E-state index in [0.717, 1.165) is 30.8 Å². The van der Waals surface area contributed by atoms with Gasteiger partial charge in [0, 0.05) is 6.20 Å². The second kappa shape index (κ2) is 6.47. The molecule has 0 radical (unpaired) electrons. The molecule has 1 amide bonds. The molecule has 0 aromatic carbocycles. The van der Waals surface area contributed by atoms with Crippen LogP contribution in [0.1, 0.15) is 34.6 Å². The number of hydrogen-bond donors (Lipinski definition) is 0. The summed E-state index contributed by atoms with van der Waals surface area (Å²) in [5, 5.41) is 7.83. The van der Waals surface area contributed by atoms with E-state index in [1.165, 1.54) is 10.9 Å². The standard InChI is InChI=1S/C20H17F3N8O/c1-10-6-13(29-5-4-27-28-29)16(26-7-10)19(32)30-11-2-3-12(30)18-17(11)31(18)15-9-24-14(8-25-15)20(21,22)23/h4-9,11-12,17-18H,2-3H2,1H3. The van der Waals surface area contributed by atoms with Crippen molar-refractivity contribution in [3.63, 3.8) is 0 Å². The molecular weight excluding hydrogens is 425 g/mol. The third-order valence-corrected chi connectivity index (χ3v) is 6.47. The zero-order valence-corrected chi connectivity index (χ0v) is 16.8. The summed E-state index contributed by atoms with van der Waals surface area (Å²) in [6.07, 6.45) is 3.90. The fourth-order valence-corrected chi connectivity index (χ4v) is 5.19. The van der Waals surface area contributed by atoms with Crippen molar-refractivity contribution < 1.29 is 18.0 Å².